The summed E-state index contributed by atoms with van der Waals surface area (Å²) in [6.45, 7) is 2.81. The SMILES string of the molecule is COC(=O)c1[nH]cc(-c2ccncc2)c1N1CCOCC1. The van der Waals surface area contributed by atoms with Gasteiger partial charge >= 0.3 is 5.97 Å². The first-order chi connectivity index (χ1) is 10.3. The Hall–Kier alpha value is -2.34. The van der Waals surface area contributed by atoms with Crippen LogP contribution in [0.2, 0.25) is 0 Å². The fourth-order valence-corrected chi connectivity index (χ4v) is 2.54. The lowest BCUT2D eigenvalue weighted by molar-refractivity contribution is 0.0594. The molecule has 110 valence electrons. The van der Waals surface area contributed by atoms with Gasteiger partial charge < -0.3 is 19.4 Å². The zero-order valence-corrected chi connectivity index (χ0v) is 11.8. The highest BCUT2D eigenvalue weighted by atomic mass is 16.5. The third-order valence-corrected chi connectivity index (χ3v) is 3.56. The average molecular weight is 287 g/mol. The number of esters is 1. The monoisotopic (exact) mass is 287 g/mol. The number of ether oxygens (including phenoxy) is 2. The van der Waals surface area contributed by atoms with Crippen LogP contribution in [0.5, 0.6) is 0 Å². The molecule has 1 aliphatic heterocycles. The fraction of sp³-hybridized carbons (Fsp3) is 0.333. The lowest BCUT2D eigenvalue weighted by atomic mass is 10.1. The van der Waals surface area contributed by atoms with Crippen LogP contribution < -0.4 is 4.90 Å². The van der Waals surface area contributed by atoms with Gasteiger partial charge in [0.15, 0.2) is 0 Å². The van der Waals surface area contributed by atoms with E-state index in [2.05, 4.69) is 14.9 Å². The highest BCUT2D eigenvalue weighted by Crippen LogP contribution is 2.34. The molecule has 1 fully saturated rings. The van der Waals surface area contributed by atoms with Crippen LogP contribution >= 0.6 is 0 Å². The molecule has 0 saturated carbocycles. The number of nitrogens with zero attached hydrogens (tertiary/aromatic N) is 2. The highest BCUT2D eigenvalue weighted by Gasteiger charge is 2.25. The third-order valence-electron chi connectivity index (χ3n) is 3.56. The van der Waals surface area contributed by atoms with E-state index in [1.165, 1.54) is 7.11 Å². The molecule has 1 saturated heterocycles. The molecule has 0 radical (unpaired) electrons. The second-order valence-electron chi connectivity index (χ2n) is 4.75. The van der Waals surface area contributed by atoms with Crippen molar-refractivity contribution in [3.8, 4) is 11.1 Å². The maximum absolute atomic E-state index is 12.0. The van der Waals surface area contributed by atoms with E-state index < -0.39 is 0 Å². The Labute approximate surface area is 122 Å². The van der Waals surface area contributed by atoms with Crippen molar-refractivity contribution in [3.63, 3.8) is 0 Å². The third kappa shape index (κ3) is 2.62. The van der Waals surface area contributed by atoms with Gasteiger partial charge in [0.05, 0.1) is 26.0 Å². The minimum absolute atomic E-state index is 0.364. The van der Waals surface area contributed by atoms with E-state index in [1.54, 1.807) is 12.4 Å². The lowest BCUT2D eigenvalue weighted by Crippen LogP contribution is -2.37. The Morgan fingerprint density at radius 3 is 2.71 bits per heavy atom. The molecular weight excluding hydrogens is 270 g/mol. The van der Waals surface area contributed by atoms with Crippen LogP contribution in [0.25, 0.3) is 11.1 Å². The van der Waals surface area contributed by atoms with Gasteiger partial charge in [-0.25, -0.2) is 4.79 Å². The standard InChI is InChI=1S/C15H17N3O3/c1-20-15(19)13-14(18-6-8-21-9-7-18)12(10-17-13)11-2-4-16-5-3-11/h2-5,10,17H,6-9H2,1H3. The van der Waals surface area contributed by atoms with Crippen molar-refractivity contribution in [2.75, 3.05) is 38.3 Å². The molecule has 1 N–H and O–H groups in total. The van der Waals surface area contributed by atoms with Gasteiger partial charge in [0.1, 0.15) is 5.69 Å². The van der Waals surface area contributed by atoms with E-state index in [9.17, 15) is 4.79 Å². The Bertz CT molecular complexity index is 618. The summed E-state index contributed by atoms with van der Waals surface area (Å²) in [7, 11) is 1.39. The first kappa shape index (κ1) is 13.6. The Morgan fingerprint density at radius 1 is 1.33 bits per heavy atom. The molecule has 6 nitrogen and oxygen atoms in total. The first-order valence-electron chi connectivity index (χ1n) is 6.84. The van der Waals surface area contributed by atoms with E-state index in [1.807, 2.05) is 18.3 Å². The maximum atomic E-state index is 12.0. The predicted octanol–water partition coefficient (Wildman–Crippen LogP) is 1.70. The molecule has 6 heteroatoms. The zero-order chi connectivity index (χ0) is 14.7. The molecule has 2 aromatic rings. The van der Waals surface area contributed by atoms with Gasteiger partial charge in [-0.1, -0.05) is 0 Å². The number of H-pyrrole nitrogens is 1. The molecule has 0 spiro atoms. The number of carbonyl (C=O) groups excluding carboxylic acids is 1. The molecule has 0 bridgehead atoms. The molecule has 3 heterocycles. The fourth-order valence-electron chi connectivity index (χ4n) is 2.54. The summed E-state index contributed by atoms with van der Waals surface area (Å²) in [6, 6.07) is 3.85. The molecule has 1 aliphatic rings. The van der Waals surface area contributed by atoms with Crippen molar-refractivity contribution in [2.45, 2.75) is 0 Å². The van der Waals surface area contributed by atoms with E-state index in [0.29, 0.717) is 18.9 Å². The van der Waals surface area contributed by atoms with Crippen molar-refractivity contribution in [3.05, 3.63) is 36.4 Å². The number of carbonyl (C=O) groups is 1. The summed E-state index contributed by atoms with van der Waals surface area (Å²) < 4.78 is 10.3. The molecule has 0 unspecified atom stereocenters. The number of methoxy groups -OCH3 is 1. The second-order valence-corrected chi connectivity index (χ2v) is 4.75. The largest absolute Gasteiger partial charge is 0.464 e. The topological polar surface area (TPSA) is 67.5 Å². The van der Waals surface area contributed by atoms with Gasteiger partial charge in [-0.15, -0.1) is 0 Å². The predicted molar refractivity (Wildman–Crippen MR) is 78.4 cm³/mol. The van der Waals surface area contributed by atoms with Crippen LogP contribution in [-0.4, -0.2) is 49.4 Å². The number of morpholine rings is 1. The molecular formula is C15H17N3O3. The number of hydrogen-bond acceptors (Lipinski definition) is 5. The molecule has 0 aromatic carbocycles. The van der Waals surface area contributed by atoms with Crippen molar-refractivity contribution in [2.24, 2.45) is 0 Å². The van der Waals surface area contributed by atoms with Gasteiger partial charge in [0, 0.05) is 37.2 Å². The zero-order valence-electron chi connectivity index (χ0n) is 11.8. The van der Waals surface area contributed by atoms with Crippen molar-refractivity contribution < 1.29 is 14.3 Å². The van der Waals surface area contributed by atoms with E-state index in [0.717, 1.165) is 29.9 Å². The lowest BCUT2D eigenvalue weighted by Gasteiger charge is -2.29. The minimum Gasteiger partial charge on any atom is -0.464 e. The molecule has 3 rings (SSSR count). The van der Waals surface area contributed by atoms with Gasteiger partial charge in [-0.2, -0.15) is 0 Å². The summed E-state index contributed by atoms with van der Waals surface area (Å²) in [5, 5.41) is 0. The minimum atomic E-state index is -0.364. The molecule has 21 heavy (non-hydrogen) atoms. The summed E-state index contributed by atoms with van der Waals surface area (Å²) in [5.41, 5.74) is 3.33. The maximum Gasteiger partial charge on any atom is 0.356 e. The van der Waals surface area contributed by atoms with Crippen LogP contribution in [0.3, 0.4) is 0 Å². The average Bonchev–Trinajstić information content (AvgIpc) is 3.00. The molecule has 0 aliphatic carbocycles. The Balaban J connectivity index is 2.07. The highest BCUT2D eigenvalue weighted by molar-refractivity contribution is 5.99. The van der Waals surface area contributed by atoms with Crippen molar-refractivity contribution in [1.82, 2.24) is 9.97 Å². The Morgan fingerprint density at radius 2 is 2.05 bits per heavy atom. The molecule has 0 amide bonds. The van der Waals surface area contributed by atoms with Crippen molar-refractivity contribution >= 4 is 11.7 Å². The van der Waals surface area contributed by atoms with Crippen molar-refractivity contribution in [1.29, 1.82) is 0 Å². The summed E-state index contributed by atoms with van der Waals surface area (Å²) in [6.07, 6.45) is 5.32. The number of pyridine rings is 1. The number of anilines is 1. The summed E-state index contributed by atoms with van der Waals surface area (Å²) in [5.74, 6) is -0.364. The van der Waals surface area contributed by atoms with E-state index in [-0.39, 0.29) is 5.97 Å². The second kappa shape index (κ2) is 5.97. The number of rotatable bonds is 3. The number of nitrogens with one attached hydrogen (secondary N) is 1. The van der Waals surface area contributed by atoms with Crippen LogP contribution in [-0.2, 0) is 9.47 Å². The smallest absolute Gasteiger partial charge is 0.356 e. The summed E-state index contributed by atoms with van der Waals surface area (Å²) in [4.78, 5) is 21.2. The van der Waals surface area contributed by atoms with Crippen LogP contribution in [0.1, 0.15) is 10.5 Å². The van der Waals surface area contributed by atoms with E-state index >= 15 is 0 Å². The first-order valence-corrected chi connectivity index (χ1v) is 6.84. The van der Waals surface area contributed by atoms with Gasteiger partial charge in [0.25, 0.3) is 0 Å². The number of hydrogen-bond donors (Lipinski definition) is 1. The number of aromatic nitrogens is 2. The Kier molecular flexibility index (Phi) is 3.87. The van der Waals surface area contributed by atoms with Crippen LogP contribution in [0.4, 0.5) is 5.69 Å². The van der Waals surface area contributed by atoms with Gasteiger partial charge in [-0.05, 0) is 17.7 Å². The normalized spacial score (nSPS) is 15.0. The summed E-state index contributed by atoms with van der Waals surface area (Å²) >= 11 is 0. The quantitative estimate of drug-likeness (QED) is 0.870. The van der Waals surface area contributed by atoms with E-state index in [4.69, 9.17) is 9.47 Å². The number of aromatic amines is 1. The molecule has 2 aromatic heterocycles. The van der Waals surface area contributed by atoms with Gasteiger partial charge in [-0.3, -0.25) is 4.98 Å². The molecule has 0 atom stereocenters. The van der Waals surface area contributed by atoms with Gasteiger partial charge in [0.2, 0.25) is 0 Å². The van der Waals surface area contributed by atoms with Crippen LogP contribution in [0.15, 0.2) is 30.7 Å². The van der Waals surface area contributed by atoms with Crippen LogP contribution in [0, 0.1) is 0 Å².